The van der Waals surface area contributed by atoms with Gasteiger partial charge in [-0.2, -0.15) is 0 Å². The van der Waals surface area contributed by atoms with Crippen molar-refractivity contribution in [2.75, 3.05) is 56.2 Å². The Morgan fingerprint density at radius 3 is 1.60 bits per heavy atom. The maximum atomic E-state index is 13.3. The van der Waals surface area contributed by atoms with E-state index in [0.29, 0.717) is 85.4 Å². The molecule has 4 heterocycles. The first-order valence-corrected chi connectivity index (χ1v) is 22.2. The molecule has 318 valence electrons. The number of carbonyl (C=O) groups excluding carboxylic acids is 4. The third kappa shape index (κ3) is 9.63. The van der Waals surface area contributed by atoms with E-state index in [2.05, 4.69) is 30.2 Å². The number of para-hydroxylation sites is 1. The number of rotatable bonds is 16. The summed E-state index contributed by atoms with van der Waals surface area (Å²) in [7, 11) is 1.54. The molecule has 0 aliphatic carbocycles. The normalized spacial score (nSPS) is 14.4. The van der Waals surface area contributed by atoms with Crippen molar-refractivity contribution < 1.29 is 28.7 Å². The number of carbonyl (C=O) groups is 4. The lowest BCUT2D eigenvalue weighted by Gasteiger charge is -2.39. The second-order valence-electron chi connectivity index (χ2n) is 15.2. The van der Waals surface area contributed by atoms with Crippen LogP contribution in [0.4, 0.5) is 10.3 Å². The molecule has 2 amide bonds. The molecule has 2 fully saturated rings. The lowest BCUT2D eigenvalue weighted by Crippen LogP contribution is -2.53. The number of nitrogens with zero attached hydrogens (tertiary/aromatic N) is 8. The number of aromatic nitrogens is 4. The Morgan fingerprint density at radius 2 is 1.10 bits per heavy atom. The first-order chi connectivity index (χ1) is 30.2. The number of hydrogen-bond acceptors (Lipinski definition) is 14. The molecular formula is C46H46N8O6S2. The van der Waals surface area contributed by atoms with Crippen LogP contribution >= 0.6 is 22.7 Å². The zero-order valence-corrected chi connectivity index (χ0v) is 36.3. The molecule has 0 radical (unpaired) electrons. The topological polar surface area (TPSA) is 151 Å². The van der Waals surface area contributed by atoms with E-state index in [0.717, 1.165) is 32.8 Å². The maximum absolute atomic E-state index is 13.3. The van der Waals surface area contributed by atoms with Gasteiger partial charge < -0.3 is 9.47 Å². The quantitative estimate of drug-likeness (QED) is 0.0759. The number of anilines is 2. The molecule has 2 aromatic heterocycles. The molecule has 62 heavy (non-hydrogen) atoms. The van der Waals surface area contributed by atoms with E-state index < -0.39 is 11.9 Å². The summed E-state index contributed by atoms with van der Waals surface area (Å²) in [5.74, 6) is -1.31. The van der Waals surface area contributed by atoms with Crippen molar-refractivity contribution in [3.63, 3.8) is 0 Å². The van der Waals surface area contributed by atoms with Gasteiger partial charge in [0, 0.05) is 63.5 Å². The van der Waals surface area contributed by atoms with Crippen molar-refractivity contribution in [1.29, 1.82) is 0 Å². The lowest BCUT2D eigenvalue weighted by molar-refractivity contribution is -0.172. The molecule has 0 unspecified atom stereocenters. The monoisotopic (exact) mass is 870 g/mol. The van der Waals surface area contributed by atoms with Crippen molar-refractivity contribution in [3.05, 3.63) is 125 Å². The number of esters is 2. The van der Waals surface area contributed by atoms with Crippen molar-refractivity contribution >= 4 is 56.7 Å². The van der Waals surface area contributed by atoms with Gasteiger partial charge in [0.1, 0.15) is 15.8 Å². The van der Waals surface area contributed by atoms with E-state index >= 15 is 0 Å². The van der Waals surface area contributed by atoms with E-state index in [1.54, 1.807) is 35.1 Å². The summed E-state index contributed by atoms with van der Waals surface area (Å²) in [6.45, 7) is 8.18. The van der Waals surface area contributed by atoms with Crippen LogP contribution in [0.1, 0.15) is 40.9 Å². The second kappa shape index (κ2) is 19.2. The molecule has 4 aromatic carbocycles. The predicted molar refractivity (Wildman–Crippen MR) is 238 cm³/mol. The van der Waals surface area contributed by atoms with E-state index in [9.17, 15) is 19.2 Å². The molecule has 2 aliphatic rings. The highest BCUT2D eigenvalue weighted by molar-refractivity contribution is 7.19. The van der Waals surface area contributed by atoms with Gasteiger partial charge in [0.25, 0.3) is 5.91 Å². The van der Waals surface area contributed by atoms with Gasteiger partial charge in [-0.15, -0.1) is 20.4 Å². The number of methoxy groups -OCH3 is 1. The summed E-state index contributed by atoms with van der Waals surface area (Å²) in [4.78, 5) is 59.6. The van der Waals surface area contributed by atoms with Crippen LogP contribution in [0.5, 0.6) is 5.75 Å². The number of amides is 2. The van der Waals surface area contributed by atoms with Crippen molar-refractivity contribution in [2.45, 2.75) is 33.4 Å². The van der Waals surface area contributed by atoms with Crippen LogP contribution in [-0.2, 0) is 38.6 Å². The summed E-state index contributed by atoms with van der Waals surface area (Å²) in [5, 5.41) is 19.9. The number of likely N-dealkylation sites (tertiary alicyclic amines) is 2. The average molecular weight is 871 g/mol. The fourth-order valence-electron chi connectivity index (χ4n) is 7.48. The minimum atomic E-state index is -0.463. The zero-order chi connectivity index (χ0) is 43.2. The number of hydrogen-bond donors (Lipinski definition) is 0. The highest BCUT2D eigenvalue weighted by Crippen LogP contribution is 2.33. The Morgan fingerprint density at radius 1 is 0.613 bits per heavy atom. The van der Waals surface area contributed by atoms with Crippen LogP contribution in [0.25, 0.3) is 21.1 Å². The van der Waals surface area contributed by atoms with Gasteiger partial charge >= 0.3 is 11.9 Å². The first kappa shape index (κ1) is 42.5. The number of benzene rings is 4. The highest BCUT2D eigenvalue weighted by atomic mass is 32.1. The summed E-state index contributed by atoms with van der Waals surface area (Å²) >= 11 is 2.73. The molecule has 8 rings (SSSR count). The Hall–Kier alpha value is -6.20. The molecular weight excluding hydrogens is 825 g/mol. The number of ether oxygens (including phenoxy) is 2. The lowest BCUT2D eigenvalue weighted by atomic mass is 9.97. The number of likely N-dealkylation sites (N-methyl/N-ethyl adjacent to an activating group) is 1. The van der Waals surface area contributed by atoms with Crippen LogP contribution in [0.2, 0.25) is 0 Å². The summed E-state index contributed by atoms with van der Waals surface area (Å²) in [6, 6.07) is 32.8. The molecule has 0 bridgehead atoms. The van der Waals surface area contributed by atoms with Crippen molar-refractivity contribution in [1.82, 2.24) is 30.2 Å². The molecule has 2 aliphatic heterocycles. The van der Waals surface area contributed by atoms with Crippen molar-refractivity contribution in [3.8, 4) is 26.9 Å². The molecule has 0 atom stereocenters. The van der Waals surface area contributed by atoms with E-state index in [1.807, 2.05) is 98.8 Å². The Kier molecular flexibility index (Phi) is 13.2. The van der Waals surface area contributed by atoms with Crippen LogP contribution < -0.4 is 14.5 Å². The van der Waals surface area contributed by atoms with Crippen LogP contribution in [0.15, 0.2) is 103 Å². The third-order valence-electron chi connectivity index (χ3n) is 11.0. The smallest absolute Gasteiger partial charge is 0.319 e. The van der Waals surface area contributed by atoms with Crippen molar-refractivity contribution in [2.24, 2.45) is 11.8 Å². The average Bonchev–Trinajstić information content (AvgIpc) is 3.96. The maximum Gasteiger partial charge on any atom is 0.319 e. The fraction of sp³-hybridized carbons (Fsp3) is 0.304. The Bertz CT molecular complexity index is 2520. The SMILES string of the molecule is CCN(C(=O)Cc1ccccc1)c1nnc(-c2ccc(CN3CC(C(=O)OC(=O)C4CN(Cc5ccc(-c6nnc(N(CC)C(=O)c7ccccc7OC)s6)cc5)C4)C3)cc2)s1. The summed E-state index contributed by atoms with van der Waals surface area (Å²) in [6.07, 6.45) is 0.302. The minimum Gasteiger partial charge on any atom is -0.496 e. The molecule has 0 saturated carbocycles. The molecule has 0 spiro atoms. The first-order valence-electron chi connectivity index (χ1n) is 20.5. The second-order valence-corrected chi connectivity index (χ2v) is 17.2. The van der Waals surface area contributed by atoms with E-state index in [-0.39, 0.29) is 23.7 Å². The zero-order valence-electron chi connectivity index (χ0n) is 34.7. The van der Waals surface area contributed by atoms with Gasteiger partial charge in [0.15, 0.2) is 0 Å². The summed E-state index contributed by atoms with van der Waals surface area (Å²) in [5.41, 5.74) is 5.39. The largest absolute Gasteiger partial charge is 0.496 e. The Labute approximate surface area is 367 Å². The standard InChI is InChI=1S/C46H46N8O6S2/c1-4-53(39(55)23-30-11-7-6-8-12-30)45-49-47-40(61-45)33-19-15-31(16-20-33)24-51-26-35(27-51)43(57)60-44(58)36-28-52(29-36)25-32-17-21-34(22-18-32)41-48-50-46(62-41)54(5-2)42(56)37-13-9-10-14-38(37)59-3/h6-22,35-36H,4-5,23-29H2,1-3H3. The molecule has 14 nitrogen and oxygen atoms in total. The van der Waals surface area contributed by atoms with Gasteiger partial charge in [0.2, 0.25) is 16.2 Å². The minimum absolute atomic E-state index is 0.0214. The Balaban J connectivity index is 0.747. The van der Waals surface area contributed by atoms with Gasteiger partial charge in [-0.25, -0.2) is 0 Å². The van der Waals surface area contributed by atoms with E-state index in [4.69, 9.17) is 9.47 Å². The molecule has 16 heteroatoms. The summed E-state index contributed by atoms with van der Waals surface area (Å²) < 4.78 is 10.7. The fourth-order valence-corrected chi connectivity index (χ4v) is 9.33. The van der Waals surface area contributed by atoms with Gasteiger partial charge in [-0.1, -0.05) is 114 Å². The highest BCUT2D eigenvalue weighted by Gasteiger charge is 2.39. The van der Waals surface area contributed by atoms with Gasteiger partial charge in [-0.3, -0.25) is 38.8 Å². The predicted octanol–water partition coefficient (Wildman–Crippen LogP) is 6.63. The molecule has 2 saturated heterocycles. The van der Waals surface area contributed by atoms with Gasteiger partial charge in [0.05, 0.1) is 30.9 Å². The molecule has 6 aromatic rings. The van der Waals surface area contributed by atoms with E-state index in [1.165, 1.54) is 22.7 Å². The van der Waals surface area contributed by atoms with Crippen LogP contribution in [-0.4, -0.2) is 100 Å². The third-order valence-corrected chi connectivity index (χ3v) is 13.0. The molecule has 0 N–H and O–H groups in total. The van der Waals surface area contributed by atoms with Crippen LogP contribution in [0, 0.1) is 11.8 Å². The van der Waals surface area contributed by atoms with Crippen LogP contribution in [0.3, 0.4) is 0 Å². The van der Waals surface area contributed by atoms with Gasteiger partial charge in [-0.05, 0) is 42.7 Å².